The molecular formula is C19H24BrN3O3. The molecule has 2 atom stereocenters. The van der Waals surface area contributed by atoms with Crippen molar-refractivity contribution in [3.8, 4) is 0 Å². The Hall–Kier alpha value is -1.86. The molecule has 3 rings (SSSR count). The Morgan fingerprint density at radius 3 is 3.00 bits per heavy atom. The molecule has 2 aromatic rings. The molecule has 140 valence electrons. The number of aromatic nitrogens is 1. The zero-order chi connectivity index (χ0) is 18.7. The van der Waals surface area contributed by atoms with Gasteiger partial charge < -0.3 is 20.4 Å². The lowest BCUT2D eigenvalue weighted by Crippen LogP contribution is -2.40. The highest BCUT2D eigenvalue weighted by Gasteiger charge is 2.24. The number of halogens is 1. The first-order chi connectivity index (χ1) is 12.5. The van der Waals surface area contributed by atoms with E-state index in [1.165, 1.54) is 23.8 Å². The van der Waals surface area contributed by atoms with Gasteiger partial charge >= 0.3 is 5.97 Å². The second kappa shape index (κ2) is 8.22. The van der Waals surface area contributed by atoms with Crippen molar-refractivity contribution in [1.29, 1.82) is 0 Å². The van der Waals surface area contributed by atoms with E-state index in [9.17, 15) is 9.59 Å². The predicted octanol–water partition coefficient (Wildman–Crippen LogP) is 2.97. The normalized spacial score (nSPS) is 17.6. The fraction of sp³-hybridized carbons (Fsp3) is 0.474. The minimum atomic E-state index is -0.624. The summed E-state index contributed by atoms with van der Waals surface area (Å²) in [6.45, 7) is 2.18. The van der Waals surface area contributed by atoms with Crippen LogP contribution < -0.4 is 10.6 Å². The number of carbonyl (C=O) groups excluding carboxylic acids is 2. The number of esters is 1. The number of fused-ring (bicyclic) bond motifs is 3. The van der Waals surface area contributed by atoms with E-state index in [0.717, 1.165) is 29.3 Å². The molecule has 0 aliphatic heterocycles. The average molecular weight is 422 g/mol. The summed E-state index contributed by atoms with van der Waals surface area (Å²) in [7, 11) is 1.31. The summed E-state index contributed by atoms with van der Waals surface area (Å²) in [6.07, 6.45) is 3.55. The Balaban J connectivity index is 1.60. The minimum absolute atomic E-state index is 0.160. The number of ether oxygens (including phenoxy) is 1. The van der Waals surface area contributed by atoms with Gasteiger partial charge in [0, 0.05) is 40.1 Å². The number of nitrogens with one attached hydrogen (secondary N) is 3. The van der Waals surface area contributed by atoms with E-state index in [4.69, 9.17) is 0 Å². The highest BCUT2D eigenvalue weighted by Crippen LogP contribution is 2.35. The van der Waals surface area contributed by atoms with Crippen molar-refractivity contribution in [3.63, 3.8) is 0 Å². The quantitative estimate of drug-likeness (QED) is 0.626. The van der Waals surface area contributed by atoms with Crippen molar-refractivity contribution >= 4 is 38.7 Å². The number of carbonyl (C=O) groups is 2. The van der Waals surface area contributed by atoms with Crippen LogP contribution in [0.3, 0.4) is 0 Å². The Morgan fingerprint density at radius 2 is 2.23 bits per heavy atom. The van der Waals surface area contributed by atoms with Crippen LogP contribution in [0.1, 0.15) is 43.5 Å². The second-order valence-electron chi connectivity index (χ2n) is 6.67. The molecule has 1 aromatic heterocycles. The predicted molar refractivity (Wildman–Crippen MR) is 104 cm³/mol. The highest BCUT2D eigenvalue weighted by molar-refractivity contribution is 9.10. The molecule has 0 saturated carbocycles. The van der Waals surface area contributed by atoms with Crippen molar-refractivity contribution in [1.82, 2.24) is 15.6 Å². The molecule has 1 heterocycles. The third-order valence-electron chi connectivity index (χ3n) is 4.84. The number of aryl methyl sites for hydroxylation is 1. The van der Waals surface area contributed by atoms with Crippen LogP contribution in [-0.4, -0.2) is 36.6 Å². The standard InChI is InChI=1S/C19H24BrN3O3/c1-11(19(25)26-2)22-17(24)8-9-21-16-5-3-4-13-14-10-12(20)6-7-15(14)23-18(13)16/h6-7,10-11,16,21,23H,3-5,8-9H2,1-2H3,(H,22,24). The van der Waals surface area contributed by atoms with Gasteiger partial charge in [0.05, 0.1) is 7.11 Å². The van der Waals surface area contributed by atoms with E-state index in [1.807, 2.05) is 6.07 Å². The molecule has 26 heavy (non-hydrogen) atoms. The first kappa shape index (κ1) is 18.9. The monoisotopic (exact) mass is 421 g/mol. The lowest BCUT2D eigenvalue weighted by molar-refractivity contribution is -0.144. The maximum Gasteiger partial charge on any atom is 0.328 e. The van der Waals surface area contributed by atoms with Crippen LogP contribution in [0.4, 0.5) is 0 Å². The smallest absolute Gasteiger partial charge is 0.328 e. The molecule has 7 heteroatoms. The van der Waals surface area contributed by atoms with Gasteiger partial charge in [0.25, 0.3) is 0 Å². The molecule has 0 saturated heterocycles. The molecular weight excluding hydrogens is 398 g/mol. The molecule has 1 amide bonds. The molecule has 0 bridgehead atoms. The van der Waals surface area contributed by atoms with Crippen LogP contribution in [0.2, 0.25) is 0 Å². The van der Waals surface area contributed by atoms with Gasteiger partial charge in [-0.1, -0.05) is 15.9 Å². The van der Waals surface area contributed by atoms with Crippen LogP contribution in [0.15, 0.2) is 22.7 Å². The van der Waals surface area contributed by atoms with Crippen LogP contribution in [0.5, 0.6) is 0 Å². The molecule has 1 aliphatic carbocycles. The van der Waals surface area contributed by atoms with Gasteiger partial charge in [-0.25, -0.2) is 4.79 Å². The second-order valence-corrected chi connectivity index (χ2v) is 7.58. The third kappa shape index (κ3) is 4.10. The lowest BCUT2D eigenvalue weighted by atomic mass is 9.91. The van der Waals surface area contributed by atoms with E-state index in [-0.39, 0.29) is 11.9 Å². The van der Waals surface area contributed by atoms with Crippen molar-refractivity contribution in [2.45, 2.75) is 44.7 Å². The van der Waals surface area contributed by atoms with Gasteiger partial charge in [-0.15, -0.1) is 0 Å². The van der Waals surface area contributed by atoms with Gasteiger partial charge in [0.15, 0.2) is 0 Å². The summed E-state index contributed by atoms with van der Waals surface area (Å²) in [6, 6.07) is 5.89. The van der Waals surface area contributed by atoms with Gasteiger partial charge in [0.1, 0.15) is 6.04 Å². The van der Waals surface area contributed by atoms with Gasteiger partial charge in [-0.3, -0.25) is 4.79 Å². The zero-order valence-corrected chi connectivity index (χ0v) is 16.6. The lowest BCUT2D eigenvalue weighted by Gasteiger charge is -2.24. The van der Waals surface area contributed by atoms with Crippen molar-refractivity contribution in [2.24, 2.45) is 0 Å². The molecule has 2 unspecified atom stereocenters. The fourth-order valence-electron chi connectivity index (χ4n) is 3.55. The number of rotatable bonds is 6. The maximum absolute atomic E-state index is 12.0. The highest BCUT2D eigenvalue weighted by atomic mass is 79.9. The maximum atomic E-state index is 12.0. The number of H-pyrrole nitrogens is 1. The Morgan fingerprint density at radius 1 is 1.42 bits per heavy atom. The number of aromatic amines is 1. The van der Waals surface area contributed by atoms with E-state index in [2.05, 4.69) is 48.4 Å². The summed E-state index contributed by atoms with van der Waals surface area (Å²) in [5.74, 6) is -0.598. The summed E-state index contributed by atoms with van der Waals surface area (Å²) >= 11 is 3.55. The molecule has 1 aromatic carbocycles. The Bertz CT molecular complexity index is 818. The summed E-state index contributed by atoms with van der Waals surface area (Å²) in [5.41, 5.74) is 3.75. The third-order valence-corrected chi connectivity index (χ3v) is 5.34. The van der Waals surface area contributed by atoms with Gasteiger partial charge in [0.2, 0.25) is 5.91 Å². The van der Waals surface area contributed by atoms with Gasteiger partial charge in [-0.2, -0.15) is 0 Å². The summed E-state index contributed by atoms with van der Waals surface area (Å²) in [4.78, 5) is 26.9. The van der Waals surface area contributed by atoms with Crippen LogP contribution in [-0.2, 0) is 20.7 Å². The molecule has 3 N–H and O–H groups in total. The topological polar surface area (TPSA) is 83.2 Å². The number of amides is 1. The fourth-order valence-corrected chi connectivity index (χ4v) is 3.91. The van der Waals surface area contributed by atoms with Crippen molar-refractivity contribution < 1.29 is 14.3 Å². The number of hydrogen-bond acceptors (Lipinski definition) is 4. The SMILES string of the molecule is COC(=O)C(C)NC(=O)CCNC1CCCc2c1[nH]c1ccc(Br)cc21. The molecule has 0 spiro atoms. The number of hydrogen-bond donors (Lipinski definition) is 3. The van der Waals surface area contributed by atoms with E-state index < -0.39 is 12.0 Å². The minimum Gasteiger partial charge on any atom is -0.467 e. The van der Waals surface area contributed by atoms with Crippen LogP contribution in [0, 0.1) is 0 Å². The number of methoxy groups -OCH3 is 1. The Kier molecular flexibility index (Phi) is 5.98. The first-order valence-electron chi connectivity index (χ1n) is 8.90. The Labute approximate surface area is 161 Å². The summed E-state index contributed by atoms with van der Waals surface area (Å²) < 4.78 is 5.69. The molecule has 0 fully saturated rings. The average Bonchev–Trinajstić information content (AvgIpc) is 2.99. The molecule has 0 radical (unpaired) electrons. The van der Waals surface area contributed by atoms with Crippen molar-refractivity contribution in [3.05, 3.63) is 33.9 Å². The van der Waals surface area contributed by atoms with E-state index in [0.29, 0.717) is 13.0 Å². The van der Waals surface area contributed by atoms with Gasteiger partial charge in [-0.05, 0) is 49.9 Å². The first-order valence-corrected chi connectivity index (χ1v) is 9.69. The van der Waals surface area contributed by atoms with E-state index in [1.54, 1.807) is 6.92 Å². The molecule has 1 aliphatic rings. The zero-order valence-electron chi connectivity index (χ0n) is 15.0. The molecule has 6 nitrogen and oxygen atoms in total. The van der Waals surface area contributed by atoms with Crippen LogP contribution >= 0.6 is 15.9 Å². The largest absolute Gasteiger partial charge is 0.467 e. The number of benzene rings is 1. The van der Waals surface area contributed by atoms with Crippen LogP contribution in [0.25, 0.3) is 10.9 Å². The van der Waals surface area contributed by atoms with E-state index >= 15 is 0 Å². The van der Waals surface area contributed by atoms with Crippen molar-refractivity contribution in [2.75, 3.05) is 13.7 Å². The summed E-state index contributed by atoms with van der Waals surface area (Å²) in [5, 5.41) is 7.40.